The number of hydrogen-bond acceptors (Lipinski definition) is 3. The molecule has 23 heavy (non-hydrogen) atoms. The van der Waals surface area contributed by atoms with E-state index in [-0.39, 0.29) is 16.8 Å². The molecule has 0 aliphatic rings. The maximum absolute atomic E-state index is 14.1. The van der Waals surface area contributed by atoms with E-state index in [2.05, 4.69) is 4.98 Å². The van der Waals surface area contributed by atoms with Gasteiger partial charge >= 0.3 is 0 Å². The van der Waals surface area contributed by atoms with Crippen molar-refractivity contribution in [2.45, 2.75) is 10.8 Å². The summed E-state index contributed by atoms with van der Waals surface area (Å²) < 4.78 is 27.0. The molecular weight excluding hydrogens is 318 g/mol. The molecule has 0 radical (unpaired) electrons. The highest BCUT2D eigenvalue weighted by Gasteiger charge is 2.13. The molecule has 0 aliphatic carbocycles. The lowest BCUT2D eigenvalue weighted by Gasteiger charge is -2.09. The molecule has 116 valence electrons. The Morgan fingerprint density at radius 1 is 1.13 bits per heavy atom. The van der Waals surface area contributed by atoms with E-state index in [1.807, 2.05) is 0 Å². The van der Waals surface area contributed by atoms with E-state index in [1.54, 1.807) is 24.3 Å². The van der Waals surface area contributed by atoms with Gasteiger partial charge in [0.25, 0.3) is 5.56 Å². The summed E-state index contributed by atoms with van der Waals surface area (Å²) in [6.07, 6.45) is 0.860. The van der Waals surface area contributed by atoms with Gasteiger partial charge in [-0.1, -0.05) is 24.3 Å². The number of halogens is 2. The van der Waals surface area contributed by atoms with Crippen LogP contribution in [0, 0.1) is 17.0 Å². The molecule has 0 fully saturated rings. The molecule has 0 aliphatic heterocycles. The van der Waals surface area contributed by atoms with E-state index < -0.39 is 11.4 Å². The molecule has 0 saturated carbocycles. The topological polar surface area (TPSA) is 56.7 Å². The fourth-order valence-corrected chi connectivity index (χ4v) is 3.32. The van der Waals surface area contributed by atoms with Crippen LogP contribution in [0.5, 0.6) is 0 Å². The summed E-state index contributed by atoms with van der Waals surface area (Å²) >= 11 is 1.33. The van der Waals surface area contributed by atoms with E-state index >= 15 is 0 Å². The van der Waals surface area contributed by atoms with Crippen molar-refractivity contribution in [2.24, 2.45) is 0 Å². The second-order valence-electron chi connectivity index (χ2n) is 4.92. The molecule has 0 amide bonds. The molecule has 3 aromatic rings. The van der Waals surface area contributed by atoms with Gasteiger partial charge in [-0.05, 0) is 23.8 Å². The first-order chi connectivity index (χ1) is 11.1. The van der Waals surface area contributed by atoms with E-state index in [0.717, 1.165) is 11.8 Å². The zero-order valence-electron chi connectivity index (χ0n) is 11.9. The maximum Gasteiger partial charge on any atom is 0.258 e. The van der Waals surface area contributed by atoms with Crippen molar-refractivity contribution in [3.63, 3.8) is 0 Å². The quantitative estimate of drug-likeness (QED) is 0.559. The van der Waals surface area contributed by atoms with Crippen LogP contribution in [-0.2, 0) is 5.75 Å². The van der Waals surface area contributed by atoms with Crippen LogP contribution in [0.3, 0.4) is 0 Å². The summed E-state index contributed by atoms with van der Waals surface area (Å²) in [6.45, 7) is 0. The molecule has 2 aromatic carbocycles. The number of benzene rings is 2. The minimum atomic E-state index is -0.532. The molecule has 0 atom stereocenters. The molecule has 0 bridgehead atoms. The summed E-state index contributed by atoms with van der Waals surface area (Å²) in [5, 5.41) is 8.56. The monoisotopic (exact) mass is 330 g/mol. The lowest BCUT2D eigenvalue weighted by atomic mass is 10.1. The Balaban J connectivity index is 2.04. The predicted molar refractivity (Wildman–Crippen MR) is 88.4 cm³/mol. The third kappa shape index (κ3) is 3.03. The summed E-state index contributed by atoms with van der Waals surface area (Å²) in [4.78, 5) is 14.8. The standard InChI is InChI=1S/C17H12F2N2OS/c18-11-6-4-10(5-7-11)9-23-17-12-2-1-3-14(19)15(12)13(8-20)16(22)21-17/h1-8,20H,9H2,(H,21,22). The smallest absolute Gasteiger partial charge is 0.258 e. The molecule has 3 rings (SSSR count). The highest BCUT2D eigenvalue weighted by atomic mass is 32.2. The van der Waals surface area contributed by atoms with Crippen molar-refractivity contribution in [3.05, 3.63) is 75.6 Å². The highest BCUT2D eigenvalue weighted by molar-refractivity contribution is 7.98. The largest absolute Gasteiger partial charge is 0.316 e. The molecule has 1 heterocycles. The molecule has 0 unspecified atom stereocenters. The van der Waals surface area contributed by atoms with Crippen molar-refractivity contribution < 1.29 is 8.78 Å². The molecule has 6 heteroatoms. The van der Waals surface area contributed by atoms with Crippen LogP contribution in [0.15, 0.2) is 52.3 Å². The molecule has 0 saturated heterocycles. The van der Waals surface area contributed by atoms with Gasteiger partial charge in [-0.15, -0.1) is 11.8 Å². The van der Waals surface area contributed by atoms with Gasteiger partial charge in [0.2, 0.25) is 0 Å². The van der Waals surface area contributed by atoms with Crippen LogP contribution in [0.25, 0.3) is 10.8 Å². The summed E-state index contributed by atoms with van der Waals surface area (Å²) in [5.74, 6) is -0.336. The van der Waals surface area contributed by atoms with Gasteiger partial charge in [0.15, 0.2) is 0 Å². The van der Waals surface area contributed by atoms with Crippen LogP contribution >= 0.6 is 11.8 Å². The van der Waals surface area contributed by atoms with Gasteiger partial charge < -0.3 is 10.4 Å². The Labute approximate surface area is 134 Å². The van der Waals surface area contributed by atoms with Crippen molar-refractivity contribution in [3.8, 4) is 0 Å². The second kappa shape index (κ2) is 6.34. The summed E-state index contributed by atoms with van der Waals surface area (Å²) in [6, 6.07) is 10.6. The zero-order chi connectivity index (χ0) is 16.4. The van der Waals surface area contributed by atoms with Crippen molar-refractivity contribution in [1.82, 2.24) is 4.98 Å². The van der Waals surface area contributed by atoms with Crippen LogP contribution in [-0.4, -0.2) is 11.2 Å². The average Bonchev–Trinajstić information content (AvgIpc) is 2.55. The van der Waals surface area contributed by atoms with E-state index in [9.17, 15) is 13.6 Å². The Kier molecular flexibility index (Phi) is 4.25. The molecule has 0 spiro atoms. The number of aromatic nitrogens is 1. The second-order valence-corrected chi connectivity index (χ2v) is 5.90. The first kappa shape index (κ1) is 15.4. The number of H-pyrrole nitrogens is 1. The number of nitrogens with one attached hydrogen (secondary N) is 2. The molecule has 2 N–H and O–H groups in total. The highest BCUT2D eigenvalue weighted by Crippen LogP contribution is 2.29. The van der Waals surface area contributed by atoms with Crippen LogP contribution in [0.2, 0.25) is 0 Å². The number of hydrogen-bond donors (Lipinski definition) is 2. The van der Waals surface area contributed by atoms with Gasteiger partial charge in [0.05, 0.1) is 10.6 Å². The van der Waals surface area contributed by atoms with Gasteiger partial charge in [-0.3, -0.25) is 4.79 Å². The first-order valence-corrected chi connectivity index (χ1v) is 7.81. The number of aromatic amines is 1. The third-order valence-corrected chi connectivity index (χ3v) is 4.53. The van der Waals surface area contributed by atoms with Crippen molar-refractivity contribution in [2.75, 3.05) is 0 Å². The van der Waals surface area contributed by atoms with Crippen molar-refractivity contribution >= 4 is 28.7 Å². The molecule has 3 nitrogen and oxygen atoms in total. The van der Waals surface area contributed by atoms with E-state index in [1.165, 1.54) is 30.0 Å². The first-order valence-electron chi connectivity index (χ1n) is 6.82. The SMILES string of the molecule is N=Cc1c(=O)[nH]c(SCc2ccc(F)cc2)c2cccc(F)c12. The Morgan fingerprint density at radius 2 is 1.87 bits per heavy atom. The normalized spacial score (nSPS) is 10.9. The minimum absolute atomic E-state index is 0.00392. The lowest BCUT2D eigenvalue weighted by Crippen LogP contribution is -2.14. The summed E-state index contributed by atoms with van der Waals surface area (Å²) in [5.41, 5.74) is 0.390. The minimum Gasteiger partial charge on any atom is -0.316 e. The number of thioether (sulfide) groups is 1. The Bertz CT molecular complexity index is 936. The van der Waals surface area contributed by atoms with Crippen molar-refractivity contribution in [1.29, 1.82) is 5.41 Å². The van der Waals surface area contributed by atoms with E-state index in [0.29, 0.717) is 16.2 Å². The fraction of sp³-hybridized carbons (Fsp3) is 0.0588. The Hall–Kier alpha value is -2.47. The van der Waals surface area contributed by atoms with Crippen LogP contribution in [0.4, 0.5) is 8.78 Å². The molecular formula is C17H12F2N2OS. The number of pyridine rings is 1. The molecule has 1 aromatic heterocycles. The maximum atomic E-state index is 14.1. The van der Waals surface area contributed by atoms with E-state index in [4.69, 9.17) is 5.41 Å². The number of fused-ring (bicyclic) bond motifs is 1. The lowest BCUT2D eigenvalue weighted by molar-refractivity contribution is 0.627. The van der Waals surface area contributed by atoms with Gasteiger partial charge in [-0.25, -0.2) is 8.78 Å². The van der Waals surface area contributed by atoms with Crippen LogP contribution in [0.1, 0.15) is 11.1 Å². The number of rotatable bonds is 4. The average molecular weight is 330 g/mol. The van der Waals surface area contributed by atoms with Crippen LogP contribution < -0.4 is 5.56 Å². The third-order valence-electron chi connectivity index (χ3n) is 3.44. The zero-order valence-corrected chi connectivity index (χ0v) is 12.7. The van der Waals surface area contributed by atoms with Gasteiger partial charge in [-0.2, -0.15) is 0 Å². The van der Waals surface area contributed by atoms with Gasteiger partial charge in [0.1, 0.15) is 11.6 Å². The van der Waals surface area contributed by atoms with Gasteiger partial charge in [0, 0.05) is 22.7 Å². The fourth-order valence-electron chi connectivity index (χ4n) is 2.33. The summed E-state index contributed by atoms with van der Waals surface area (Å²) in [7, 11) is 0. The Morgan fingerprint density at radius 3 is 2.57 bits per heavy atom. The predicted octanol–water partition coefficient (Wildman–Crippen LogP) is 4.10.